The van der Waals surface area contributed by atoms with Gasteiger partial charge in [-0.05, 0) is 51.4 Å². The van der Waals surface area contributed by atoms with Gasteiger partial charge in [-0.1, -0.05) is 248 Å². The van der Waals surface area contributed by atoms with Crippen LogP contribution in [0.25, 0.3) is 0 Å². The molecule has 2 saturated heterocycles. The lowest BCUT2D eigenvalue weighted by Crippen LogP contribution is -2.65. The minimum atomic E-state index is -1.79. The van der Waals surface area contributed by atoms with Crippen LogP contribution in [-0.2, 0) is 23.7 Å². The fraction of sp³-hybridized carbons (Fsp3) is 0.828. The van der Waals surface area contributed by atoms with Crippen LogP contribution in [-0.4, -0.2) is 140 Å². The lowest BCUT2D eigenvalue weighted by Gasteiger charge is -2.46. The zero-order valence-corrected chi connectivity index (χ0v) is 48.9. The lowest BCUT2D eigenvalue weighted by molar-refractivity contribution is -0.359. The third-order valence-electron chi connectivity index (χ3n) is 15.2. The molecule has 2 heterocycles. The zero-order chi connectivity index (χ0) is 56.7. The van der Waals surface area contributed by atoms with E-state index in [0.717, 1.165) is 57.8 Å². The fourth-order valence-electron chi connectivity index (χ4n) is 10.2. The van der Waals surface area contributed by atoms with E-state index in [1.54, 1.807) is 0 Å². The summed E-state index contributed by atoms with van der Waals surface area (Å²) in [7, 11) is 0. The van der Waals surface area contributed by atoms with Crippen LogP contribution < -0.4 is 5.32 Å². The van der Waals surface area contributed by atoms with E-state index in [4.69, 9.17) is 18.9 Å². The number of allylic oxidation sites excluding steroid dienone is 10. The van der Waals surface area contributed by atoms with Gasteiger partial charge in [0.25, 0.3) is 0 Å². The minimum absolute atomic E-state index is 0.224. The maximum absolute atomic E-state index is 13.3. The van der Waals surface area contributed by atoms with Crippen molar-refractivity contribution in [3.8, 4) is 0 Å². The van der Waals surface area contributed by atoms with Gasteiger partial charge in [0.05, 0.1) is 32.0 Å². The number of rotatable bonds is 50. The van der Waals surface area contributed by atoms with Crippen LogP contribution in [0, 0.1) is 0 Å². The molecule has 0 aromatic heterocycles. The summed E-state index contributed by atoms with van der Waals surface area (Å²) in [5, 5.41) is 87.3. The van der Waals surface area contributed by atoms with Gasteiger partial charge in [-0.25, -0.2) is 0 Å². The first-order chi connectivity index (χ1) is 38.1. The molecule has 454 valence electrons. The second-order valence-corrected chi connectivity index (χ2v) is 22.2. The van der Waals surface area contributed by atoms with E-state index in [-0.39, 0.29) is 18.9 Å². The number of hydrogen-bond donors (Lipinski definition) is 9. The Morgan fingerprint density at radius 3 is 1.31 bits per heavy atom. The van der Waals surface area contributed by atoms with Crippen molar-refractivity contribution in [3.63, 3.8) is 0 Å². The predicted octanol–water partition coefficient (Wildman–Crippen LogP) is 11.3. The predicted molar refractivity (Wildman–Crippen MR) is 314 cm³/mol. The first kappa shape index (κ1) is 71.8. The third-order valence-corrected chi connectivity index (χ3v) is 15.2. The van der Waals surface area contributed by atoms with E-state index in [2.05, 4.69) is 79.9 Å². The maximum atomic E-state index is 13.3. The van der Waals surface area contributed by atoms with Gasteiger partial charge in [0, 0.05) is 6.42 Å². The standard InChI is InChI=1S/C64H115NO13/c1-3-5-7-9-11-13-15-17-19-21-22-23-24-25-26-27-28-29-30-32-33-35-37-39-41-43-45-47-53(68)52(65-56(69)48-46-44-42-40-38-36-34-31-20-18-16-14-12-10-8-6-4-2)51-75-63-61(74)59(72)62(55(50-67)77-63)78-64-60(73)58(71)57(70)54(49-66)76-64/h6,8,12,14,18,20,34,36,40,42,52-55,57-64,66-68,70-74H,3-5,7,9-11,13,15-17,19,21-33,35,37-39,41,43-51H2,1-2H3,(H,65,69)/b8-6-,14-12-,20-18-,36-34-,42-40-. The zero-order valence-electron chi connectivity index (χ0n) is 48.9. The van der Waals surface area contributed by atoms with Gasteiger partial charge >= 0.3 is 0 Å². The topological polar surface area (TPSA) is 228 Å². The molecule has 2 rings (SSSR count). The van der Waals surface area contributed by atoms with Crippen LogP contribution in [0.1, 0.15) is 245 Å². The Morgan fingerprint density at radius 1 is 0.474 bits per heavy atom. The summed E-state index contributed by atoms with van der Waals surface area (Å²) in [5.74, 6) is -0.262. The van der Waals surface area contributed by atoms with Crippen molar-refractivity contribution in [1.82, 2.24) is 5.32 Å². The molecule has 2 aliphatic heterocycles. The summed E-state index contributed by atoms with van der Waals surface area (Å²) in [6.45, 7) is 2.72. The van der Waals surface area contributed by atoms with E-state index in [9.17, 15) is 45.6 Å². The number of hydrogen-bond acceptors (Lipinski definition) is 13. The van der Waals surface area contributed by atoms with E-state index < -0.39 is 86.8 Å². The molecule has 2 aliphatic rings. The molecule has 0 bridgehead atoms. The maximum Gasteiger partial charge on any atom is 0.220 e. The number of aliphatic hydroxyl groups is 8. The molecule has 0 radical (unpaired) electrons. The monoisotopic (exact) mass is 1110 g/mol. The van der Waals surface area contributed by atoms with Crippen molar-refractivity contribution in [2.24, 2.45) is 0 Å². The largest absolute Gasteiger partial charge is 0.394 e. The van der Waals surface area contributed by atoms with Gasteiger partial charge in [0.15, 0.2) is 12.6 Å². The van der Waals surface area contributed by atoms with Gasteiger partial charge in [-0.15, -0.1) is 0 Å². The van der Waals surface area contributed by atoms with Gasteiger partial charge < -0.3 is 65.1 Å². The van der Waals surface area contributed by atoms with Crippen LogP contribution in [0.4, 0.5) is 0 Å². The van der Waals surface area contributed by atoms with Crippen LogP contribution >= 0.6 is 0 Å². The Hall–Kier alpha value is -2.31. The Kier molecular flexibility index (Phi) is 45.4. The molecule has 1 amide bonds. The summed E-state index contributed by atoms with van der Waals surface area (Å²) >= 11 is 0. The van der Waals surface area contributed by atoms with Crippen LogP contribution in [0.2, 0.25) is 0 Å². The number of amides is 1. The number of ether oxygens (including phenoxy) is 4. The molecule has 0 aromatic rings. The highest BCUT2D eigenvalue weighted by atomic mass is 16.7. The van der Waals surface area contributed by atoms with Crippen molar-refractivity contribution in [2.45, 2.75) is 319 Å². The summed E-state index contributed by atoms with van der Waals surface area (Å²) in [4.78, 5) is 13.3. The minimum Gasteiger partial charge on any atom is -0.394 e. The molecule has 14 heteroatoms. The number of unbranched alkanes of at least 4 members (excludes halogenated alkanes) is 27. The number of nitrogens with one attached hydrogen (secondary N) is 1. The fourth-order valence-corrected chi connectivity index (χ4v) is 10.2. The quantitative estimate of drug-likeness (QED) is 0.0204. The highest BCUT2D eigenvalue weighted by molar-refractivity contribution is 5.76. The number of aliphatic hydroxyl groups excluding tert-OH is 8. The second kappa shape index (κ2) is 49.3. The van der Waals surface area contributed by atoms with Crippen molar-refractivity contribution >= 4 is 5.91 Å². The van der Waals surface area contributed by atoms with Crippen molar-refractivity contribution < 1.29 is 64.6 Å². The first-order valence-corrected chi connectivity index (χ1v) is 31.5. The smallest absolute Gasteiger partial charge is 0.220 e. The number of carbonyl (C=O) groups excluding carboxylic acids is 1. The van der Waals surface area contributed by atoms with Gasteiger partial charge in [-0.3, -0.25) is 4.79 Å². The van der Waals surface area contributed by atoms with E-state index in [1.807, 2.05) is 0 Å². The SMILES string of the molecule is CC/C=C\C/C=C\C/C=C\C/C=C\C/C=C\CCCC(=O)NC(COC1OC(CO)C(OC2OC(CO)C(O)C(O)C2O)C(O)C1O)C(O)CCCCCCCCCCCCCCCCCCCCCCCCCCCCC. The Balaban J connectivity index is 1.72. The van der Waals surface area contributed by atoms with Crippen molar-refractivity contribution in [2.75, 3.05) is 19.8 Å². The second-order valence-electron chi connectivity index (χ2n) is 22.2. The average Bonchev–Trinajstić information content (AvgIpc) is 3.48. The molecular weight excluding hydrogens is 991 g/mol. The molecule has 12 unspecified atom stereocenters. The lowest BCUT2D eigenvalue weighted by atomic mass is 9.97. The summed E-state index contributed by atoms with van der Waals surface area (Å²) < 4.78 is 22.8. The summed E-state index contributed by atoms with van der Waals surface area (Å²) in [6, 6.07) is -0.862. The molecule has 78 heavy (non-hydrogen) atoms. The first-order valence-electron chi connectivity index (χ1n) is 31.5. The van der Waals surface area contributed by atoms with Crippen molar-refractivity contribution in [3.05, 3.63) is 60.8 Å². The van der Waals surface area contributed by atoms with Crippen LogP contribution in [0.15, 0.2) is 60.8 Å². The molecule has 0 spiro atoms. The van der Waals surface area contributed by atoms with Crippen LogP contribution in [0.3, 0.4) is 0 Å². The Morgan fingerprint density at radius 2 is 0.872 bits per heavy atom. The molecule has 14 nitrogen and oxygen atoms in total. The molecule has 0 aliphatic carbocycles. The molecule has 12 atom stereocenters. The highest BCUT2D eigenvalue weighted by Gasteiger charge is 2.51. The summed E-state index contributed by atoms with van der Waals surface area (Å²) in [5.41, 5.74) is 0. The van der Waals surface area contributed by atoms with E-state index in [1.165, 1.54) is 148 Å². The normalized spacial score (nSPS) is 24.9. The molecule has 9 N–H and O–H groups in total. The molecule has 0 aromatic carbocycles. The highest BCUT2D eigenvalue weighted by Crippen LogP contribution is 2.30. The summed E-state index contributed by atoms with van der Waals surface area (Å²) in [6.07, 6.45) is 46.7. The number of carbonyl (C=O) groups is 1. The molecule has 0 saturated carbocycles. The molecule has 2 fully saturated rings. The van der Waals surface area contributed by atoms with E-state index >= 15 is 0 Å². The Labute approximate surface area is 473 Å². The van der Waals surface area contributed by atoms with Gasteiger partial charge in [-0.2, -0.15) is 0 Å². The van der Waals surface area contributed by atoms with Crippen LogP contribution in [0.5, 0.6) is 0 Å². The van der Waals surface area contributed by atoms with Crippen molar-refractivity contribution in [1.29, 1.82) is 0 Å². The average molecular weight is 1110 g/mol. The Bertz CT molecular complexity index is 1540. The van der Waals surface area contributed by atoms with Gasteiger partial charge in [0.1, 0.15) is 48.8 Å². The van der Waals surface area contributed by atoms with E-state index in [0.29, 0.717) is 19.3 Å². The van der Waals surface area contributed by atoms with Gasteiger partial charge in [0.2, 0.25) is 5.91 Å². The molecular formula is C64H115NO13. The third kappa shape index (κ3) is 34.2.